The third-order valence-electron chi connectivity index (χ3n) is 3.60. The van der Waals surface area contributed by atoms with Gasteiger partial charge in [-0.2, -0.15) is 0 Å². The molecule has 8 heteroatoms. The van der Waals surface area contributed by atoms with Gasteiger partial charge in [0.1, 0.15) is 0 Å². The highest BCUT2D eigenvalue weighted by molar-refractivity contribution is 7.89. The van der Waals surface area contributed by atoms with Crippen LogP contribution in [0.3, 0.4) is 0 Å². The molecule has 3 N–H and O–H groups in total. The summed E-state index contributed by atoms with van der Waals surface area (Å²) in [5.41, 5.74) is 1.97. The van der Waals surface area contributed by atoms with Gasteiger partial charge >= 0.3 is 0 Å². The number of aliphatic imine (C=N–C) groups is 1. The van der Waals surface area contributed by atoms with Crippen LogP contribution in [0.4, 0.5) is 0 Å². The molecular weight excluding hydrogens is 372 g/mol. The van der Waals surface area contributed by atoms with Crippen LogP contribution in [0.1, 0.15) is 11.1 Å². The molecule has 140 valence electrons. The summed E-state index contributed by atoms with van der Waals surface area (Å²) in [4.78, 5) is 4.09. The minimum atomic E-state index is -3.37. The monoisotopic (exact) mass is 394 g/mol. The standard InChI is InChI=1S/C18H23ClN4O2S/c1-20-18(22-13-16-7-9-17(19)10-8-16)21-11-12-26(24,25)23-14-15-5-3-2-4-6-15/h2-10,23H,11-14H2,1H3,(H2,20,21,22). The quantitative estimate of drug-likeness (QED) is 0.473. The van der Waals surface area contributed by atoms with E-state index < -0.39 is 10.0 Å². The maximum absolute atomic E-state index is 12.1. The summed E-state index contributed by atoms with van der Waals surface area (Å²) in [5.74, 6) is 0.500. The Balaban J connectivity index is 1.72. The van der Waals surface area contributed by atoms with Crippen LogP contribution in [0.15, 0.2) is 59.6 Å². The number of halogens is 1. The molecule has 0 heterocycles. The van der Waals surface area contributed by atoms with E-state index in [-0.39, 0.29) is 18.8 Å². The number of benzene rings is 2. The lowest BCUT2D eigenvalue weighted by Gasteiger charge is -2.12. The van der Waals surface area contributed by atoms with E-state index >= 15 is 0 Å². The number of hydrogen-bond acceptors (Lipinski definition) is 3. The molecule has 0 bridgehead atoms. The average Bonchev–Trinajstić information content (AvgIpc) is 2.65. The molecule has 0 saturated heterocycles. The summed E-state index contributed by atoms with van der Waals surface area (Å²) < 4.78 is 26.7. The van der Waals surface area contributed by atoms with Crippen molar-refractivity contribution in [1.29, 1.82) is 0 Å². The zero-order valence-electron chi connectivity index (χ0n) is 14.6. The largest absolute Gasteiger partial charge is 0.355 e. The molecule has 0 unspecified atom stereocenters. The number of guanidine groups is 1. The molecule has 2 rings (SSSR count). The Kier molecular flexibility index (Phi) is 7.90. The first-order valence-electron chi connectivity index (χ1n) is 8.19. The van der Waals surface area contributed by atoms with Crippen molar-refractivity contribution < 1.29 is 8.42 Å². The predicted octanol–water partition coefficient (Wildman–Crippen LogP) is 2.12. The second-order valence-corrected chi connectivity index (χ2v) is 7.97. The van der Waals surface area contributed by atoms with Crippen LogP contribution < -0.4 is 15.4 Å². The molecule has 2 aromatic rings. The van der Waals surface area contributed by atoms with Gasteiger partial charge in [0.15, 0.2) is 5.96 Å². The van der Waals surface area contributed by atoms with Gasteiger partial charge < -0.3 is 10.6 Å². The molecule has 0 saturated carbocycles. The van der Waals surface area contributed by atoms with Crippen LogP contribution in [0.2, 0.25) is 5.02 Å². The molecule has 0 fully saturated rings. The van der Waals surface area contributed by atoms with Crippen LogP contribution in [0.25, 0.3) is 0 Å². The van der Waals surface area contributed by atoms with E-state index in [9.17, 15) is 8.42 Å². The Bertz CT molecular complexity index is 809. The summed E-state index contributed by atoms with van der Waals surface area (Å²) in [5, 5.41) is 6.81. The smallest absolute Gasteiger partial charge is 0.213 e. The number of sulfonamides is 1. The van der Waals surface area contributed by atoms with E-state index in [0.717, 1.165) is 11.1 Å². The van der Waals surface area contributed by atoms with Gasteiger partial charge in [0.05, 0.1) is 5.75 Å². The molecule has 6 nitrogen and oxygen atoms in total. The van der Waals surface area contributed by atoms with E-state index in [1.807, 2.05) is 54.6 Å². The molecule has 2 aromatic carbocycles. The van der Waals surface area contributed by atoms with E-state index in [2.05, 4.69) is 20.3 Å². The molecule has 0 atom stereocenters. The maximum atomic E-state index is 12.1. The topological polar surface area (TPSA) is 82.6 Å². The lowest BCUT2D eigenvalue weighted by atomic mass is 10.2. The van der Waals surface area contributed by atoms with Gasteiger partial charge in [0.25, 0.3) is 0 Å². The first-order valence-corrected chi connectivity index (χ1v) is 10.2. The van der Waals surface area contributed by atoms with E-state index in [1.165, 1.54) is 0 Å². The van der Waals surface area contributed by atoms with Crippen molar-refractivity contribution in [3.63, 3.8) is 0 Å². The molecule has 0 aromatic heterocycles. The van der Waals surface area contributed by atoms with E-state index in [0.29, 0.717) is 17.5 Å². The van der Waals surface area contributed by atoms with Crippen molar-refractivity contribution in [1.82, 2.24) is 15.4 Å². The van der Waals surface area contributed by atoms with Crippen molar-refractivity contribution in [3.05, 3.63) is 70.7 Å². The Morgan fingerprint density at radius 3 is 2.27 bits per heavy atom. The molecule has 26 heavy (non-hydrogen) atoms. The summed E-state index contributed by atoms with van der Waals surface area (Å²) >= 11 is 5.86. The highest BCUT2D eigenvalue weighted by Crippen LogP contribution is 2.09. The van der Waals surface area contributed by atoms with Gasteiger partial charge in [-0.3, -0.25) is 4.99 Å². The average molecular weight is 395 g/mol. The lowest BCUT2D eigenvalue weighted by Crippen LogP contribution is -2.40. The van der Waals surface area contributed by atoms with Crippen molar-refractivity contribution in [3.8, 4) is 0 Å². The summed E-state index contributed by atoms with van der Waals surface area (Å²) in [6.45, 7) is 1.10. The van der Waals surface area contributed by atoms with E-state index in [4.69, 9.17) is 11.6 Å². The zero-order valence-corrected chi connectivity index (χ0v) is 16.1. The maximum Gasteiger partial charge on any atom is 0.213 e. The number of rotatable bonds is 8. The van der Waals surface area contributed by atoms with Gasteiger partial charge in [-0.05, 0) is 23.3 Å². The van der Waals surface area contributed by atoms with Crippen molar-refractivity contribution in [2.45, 2.75) is 13.1 Å². The highest BCUT2D eigenvalue weighted by Gasteiger charge is 2.10. The molecule has 0 aliphatic heterocycles. The third-order valence-corrected chi connectivity index (χ3v) is 5.18. The Labute approximate surface area is 159 Å². The van der Waals surface area contributed by atoms with Gasteiger partial charge in [0.2, 0.25) is 10.0 Å². The Morgan fingerprint density at radius 1 is 0.962 bits per heavy atom. The Hall–Kier alpha value is -2.09. The van der Waals surface area contributed by atoms with Crippen molar-refractivity contribution in [2.75, 3.05) is 19.3 Å². The Morgan fingerprint density at radius 2 is 1.62 bits per heavy atom. The van der Waals surface area contributed by atoms with Gasteiger partial charge in [-0.25, -0.2) is 13.1 Å². The van der Waals surface area contributed by atoms with Gasteiger partial charge in [-0.15, -0.1) is 0 Å². The third kappa shape index (κ3) is 7.43. The second kappa shape index (κ2) is 10.2. The fraction of sp³-hybridized carbons (Fsp3) is 0.278. The van der Waals surface area contributed by atoms with Crippen LogP contribution in [-0.2, 0) is 23.1 Å². The van der Waals surface area contributed by atoms with Crippen LogP contribution in [0.5, 0.6) is 0 Å². The minimum Gasteiger partial charge on any atom is -0.355 e. The first-order chi connectivity index (χ1) is 12.5. The fourth-order valence-corrected chi connectivity index (χ4v) is 3.20. The predicted molar refractivity (Wildman–Crippen MR) is 107 cm³/mol. The summed E-state index contributed by atoms with van der Waals surface area (Å²) in [7, 11) is -1.73. The number of hydrogen-bond donors (Lipinski definition) is 3. The SMILES string of the molecule is CN=C(NCCS(=O)(=O)NCc1ccccc1)NCc1ccc(Cl)cc1. The second-order valence-electron chi connectivity index (χ2n) is 5.60. The van der Waals surface area contributed by atoms with Crippen LogP contribution in [-0.4, -0.2) is 33.7 Å². The van der Waals surface area contributed by atoms with Gasteiger partial charge in [-0.1, -0.05) is 54.1 Å². The van der Waals surface area contributed by atoms with Crippen molar-refractivity contribution >= 4 is 27.6 Å². The fourth-order valence-electron chi connectivity index (χ4n) is 2.17. The number of nitrogens with zero attached hydrogens (tertiary/aromatic N) is 1. The summed E-state index contributed by atoms with van der Waals surface area (Å²) in [6, 6.07) is 16.9. The lowest BCUT2D eigenvalue weighted by molar-refractivity contribution is 0.580. The van der Waals surface area contributed by atoms with Crippen molar-refractivity contribution in [2.24, 2.45) is 4.99 Å². The van der Waals surface area contributed by atoms with Crippen LogP contribution in [0, 0.1) is 0 Å². The molecular formula is C18H23ClN4O2S. The van der Waals surface area contributed by atoms with Gasteiger partial charge in [0, 0.05) is 31.7 Å². The molecule has 0 aliphatic carbocycles. The normalized spacial score (nSPS) is 12.0. The van der Waals surface area contributed by atoms with E-state index in [1.54, 1.807) is 7.05 Å². The summed E-state index contributed by atoms with van der Waals surface area (Å²) in [6.07, 6.45) is 0. The zero-order chi connectivity index (χ0) is 18.8. The molecule has 0 radical (unpaired) electrons. The van der Waals surface area contributed by atoms with Crippen LogP contribution >= 0.6 is 11.6 Å². The molecule has 0 amide bonds. The highest BCUT2D eigenvalue weighted by atomic mass is 35.5. The molecule has 0 aliphatic rings. The first kappa shape index (κ1) is 20.2. The minimum absolute atomic E-state index is 0.0402. The molecule has 0 spiro atoms. The number of nitrogens with one attached hydrogen (secondary N) is 3.